The van der Waals surface area contributed by atoms with E-state index in [4.69, 9.17) is 4.74 Å². The number of pyridine rings is 1. The second-order valence-corrected chi connectivity index (χ2v) is 11.3. The van der Waals surface area contributed by atoms with Crippen molar-refractivity contribution in [2.24, 2.45) is 0 Å². The fourth-order valence-electron chi connectivity index (χ4n) is 4.64. The Morgan fingerprint density at radius 2 is 1.90 bits per heavy atom. The van der Waals surface area contributed by atoms with E-state index in [-0.39, 0.29) is 17.3 Å². The lowest BCUT2D eigenvalue weighted by molar-refractivity contribution is 0.161. The predicted octanol–water partition coefficient (Wildman–Crippen LogP) is 4.60. The fourth-order valence-corrected chi connectivity index (χ4v) is 5.99. The Hall–Kier alpha value is -4.33. The highest BCUT2D eigenvalue weighted by Gasteiger charge is 2.32. The van der Waals surface area contributed by atoms with E-state index in [1.807, 2.05) is 19.9 Å². The quantitative estimate of drug-likeness (QED) is 0.298. The van der Waals surface area contributed by atoms with Gasteiger partial charge in [-0.15, -0.1) is 0 Å². The average Bonchev–Trinajstić information content (AvgIpc) is 2.95. The van der Waals surface area contributed by atoms with Crippen molar-refractivity contribution in [1.29, 1.82) is 5.26 Å². The SMILES string of the molecule is CCCCc1nc(=O)c(S(=O)(=O)c2ccc(-c3ccncc3C)cc2)c(O)n1C(COC)c1cccc(C#N)c1. The molecule has 0 amide bonds. The van der Waals surface area contributed by atoms with Gasteiger partial charge in [0.1, 0.15) is 5.82 Å². The molecule has 0 fully saturated rings. The van der Waals surface area contributed by atoms with Crippen molar-refractivity contribution >= 4 is 9.84 Å². The Labute approximate surface area is 233 Å². The van der Waals surface area contributed by atoms with Crippen LogP contribution in [0.25, 0.3) is 11.1 Å². The Kier molecular flexibility index (Phi) is 8.77. The van der Waals surface area contributed by atoms with Crippen LogP contribution in [-0.4, -0.2) is 41.8 Å². The van der Waals surface area contributed by atoms with Gasteiger partial charge in [0.2, 0.25) is 15.7 Å². The van der Waals surface area contributed by atoms with Crippen LogP contribution < -0.4 is 5.56 Å². The number of nitrogens with zero attached hydrogens (tertiary/aromatic N) is 4. The van der Waals surface area contributed by atoms with Crippen LogP contribution in [0.3, 0.4) is 0 Å². The monoisotopic (exact) mass is 558 g/mol. The van der Waals surface area contributed by atoms with Crippen LogP contribution in [0.5, 0.6) is 5.88 Å². The van der Waals surface area contributed by atoms with Gasteiger partial charge in [-0.25, -0.2) is 8.42 Å². The summed E-state index contributed by atoms with van der Waals surface area (Å²) >= 11 is 0. The molecule has 0 saturated carbocycles. The van der Waals surface area contributed by atoms with E-state index in [0.29, 0.717) is 24.0 Å². The number of sulfone groups is 1. The zero-order valence-electron chi connectivity index (χ0n) is 22.5. The molecule has 0 saturated heterocycles. The molecule has 2 aromatic heterocycles. The number of methoxy groups -OCH3 is 1. The first-order valence-corrected chi connectivity index (χ1v) is 14.3. The molecule has 206 valence electrons. The second-order valence-electron chi connectivity index (χ2n) is 9.39. The lowest BCUT2D eigenvalue weighted by atomic mass is 10.0. The highest BCUT2D eigenvalue weighted by molar-refractivity contribution is 7.91. The number of unbranched alkanes of at least 4 members (excludes halogenated alkanes) is 1. The van der Waals surface area contributed by atoms with E-state index in [9.17, 15) is 23.6 Å². The minimum absolute atomic E-state index is 0.0333. The number of aromatic nitrogens is 3. The van der Waals surface area contributed by atoms with Gasteiger partial charge in [-0.3, -0.25) is 14.3 Å². The molecule has 0 spiro atoms. The highest BCUT2D eigenvalue weighted by atomic mass is 32.2. The van der Waals surface area contributed by atoms with Crippen molar-refractivity contribution in [1.82, 2.24) is 14.5 Å². The molecule has 1 N–H and O–H groups in total. The van der Waals surface area contributed by atoms with Crippen LogP contribution >= 0.6 is 0 Å². The molecule has 0 aliphatic heterocycles. The van der Waals surface area contributed by atoms with Gasteiger partial charge in [0.15, 0.2) is 4.90 Å². The van der Waals surface area contributed by atoms with Crippen molar-refractivity contribution in [3.8, 4) is 23.1 Å². The van der Waals surface area contributed by atoms with E-state index >= 15 is 0 Å². The summed E-state index contributed by atoms with van der Waals surface area (Å²) < 4.78 is 34.4. The summed E-state index contributed by atoms with van der Waals surface area (Å²) in [6.07, 6.45) is 5.15. The van der Waals surface area contributed by atoms with E-state index in [2.05, 4.69) is 16.0 Å². The molecule has 2 heterocycles. The Balaban J connectivity index is 1.89. The highest BCUT2D eigenvalue weighted by Crippen LogP contribution is 2.33. The largest absolute Gasteiger partial charge is 0.493 e. The fraction of sp³-hybridized carbons (Fsp3) is 0.267. The number of aryl methyl sites for hydroxylation is 2. The van der Waals surface area contributed by atoms with Crippen LogP contribution in [0.4, 0.5) is 0 Å². The molecule has 4 aromatic rings. The van der Waals surface area contributed by atoms with Gasteiger partial charge in [0.25, 0.3) is 5.56 Å². The first kappa shape index (κ1) is 28.7. The number of rotatable bonds is 10. The topological polar surface area (TPSA) is 135 Å². The third-order valence-corrected chi connectivity index (χ3v) is 8.48. The smallest absolute Gasteiger partial charge is 0.296 e. The van der Waals surface area contributed by atoms with Crippen molar-refractivity contribution < 1.29 is 18.3 Å². The van der Waals surface area contributed by atoms with Crippen molar-refractivity contribution in [2.75, 3.05) is 13.7 Å². The number of ether oxygens (including phenoxy) is 1. The molecule has 9 nitrogen and oxygen atoms in total. The maximum Gasteiger partial charge on any atom is 0.296 e. The van der Waals surface area contributed by atoms with Gasteiger partial charge in [-0.1, -0.05) is 37.6 Å². The summed E-state index contributed by atoms with van der Waals surface area (Å²) in [4.78, 5) is 20.5. The Morgan fingerprint density at radius 1 is 1.15 bits per heavy atom. The summed E-state index contributed by atoms with van der Waals surface area (Å²) in [5.74, 6) is -0.485. The van der Waals surface area contributed by atoms with Crippen LogP contribution in [0.1, 0.15) is 48.3 Å². The Bertz CT molecular complexity index is 1720. The molecule has 0 bridgehead atoms. The summed E-state index contributed by atoms with van der Waals surface area (Å²) in [7, 11) is -2.99. The third-order valence-electron chi connectivity index (χ3n) is 6.69. The maximum atomic E-state index is 13.8. The molecule has 2 aromatic carbocycles. The van der Waals surface area contributed by atoms with Crippen LogP contribution in [-0.2, 0) is 21.0 Å². The molecule has 1 atom stereocenters. The predicted molar refractivity (Wildman–Crippen MR) is 150 cm³/mol. The zero-order chi connectivity index (χ0) is 28.9. The number of benzene rings is 2. The standard InChI is InChI=1S/C30H30N4O5S/c1-4-5-9-27-33-29(35)28(30(36)34(27)26(19-39-3)23-8-6-7-21(16-23)17-31)40(37,38)24-12-10-22(11-13-24)25-14-15-32-18-20(25)2/h6-8,10-16,18,26,36H,4-5,9,19H2,1-3H3. The number of hydrogen-bond donors (Lipinski definition) is 1. The molecule has 0 aliphatic rings. The number of aromatic hydroxyl groups is 1. The molecule has 10 heteroatoms. The molecular formula is C30H30N4O5S. The summed E-state index contributed by atoms with van der Waals surface area (Å²) in [6.45, 7) is 3.91. The van der Waals surface area contributed by atoms with Gasteiger partial charge in [-0.2, -0.15) is 10.2 Å². The van der Waals surface area contributed by atoms with Gasteiger partial charge in [-0.05, 0) is 65.9 Å². The molecule has 1 unspecified atom stereocenters. The normalized spacial score (nSPS) is 12.2. The number of nitriles is 1. The van der Waals surface area contributed by atoms with Gasteiger partial charge in [0.05, 0.1) is 29.2 Å². The summed E-state index contributed by atoms with van der Waals surface area (Å²) in [6, 6.07) is 16.0. The lowest BCUT2D eigenvalue weighted by Crippen LogP contribution is -2.29. The maximum absolute atomic E-state index is 13.8. The summed E-state index contributed by atoms with van der Waals surface area (Å²) in [5.41, 5.74) is 2.56. The first-order chi connectivity index (χ1) is 19.2. The molecule has 4 rings (SSSR count). The van der Waals surface area contributed by atoms with Crippen LogP contribution in [0.15, 0.2) is 81.6 Å². The minimum Gasteiger partial charge on any atom is -0.493 e. The van der Waals surface area contributed by atoms with Crippen molar-refractivity contribution in [3.63, 3.8) is 0 Å². The van der Waals surface area contributed by atoms with Gasteiger partial charge < -0.3 is 9.84 Å². The number of hydrogen-bond acceptors (Lipinski definition) is 8. The molecule has 0 aliphatic carbocycles. The molecular weight excluding hydrogens is 528 g/mol. The Morgan fingerprint density at radius 3 is 2.55 bits per heavy atom. The van der Waals surface area contributed by atoms with Crippen LogP contribution in [0, 0.1) is 18.3 Å². The van der Waals surface area contributed by atoms with Crippen molar-refractivity contribution in [2.45, 2.75) is 48.9 Å². The molecule has 40 heavy (non-hydrogen) atoms. The third kappa shape index (κ3) is 5.66. The first-order valence-electron chi connectivity index (χ1n) is 12.8. The van der Waals surface area contributed by atoms with E-state index in [0.717, 1.165) is 23.1 Å². The molecule has 0 radical (unpaired) electrons. The van der Waals surface area contributed by atoms with Crippen molar-refractivity contribution in [3.05, 3.63) is 99.9 Å². The van der Waals surface area contributed by atoms with E-state index in [1.54, 1.807) is 48.8 Å². The van der Waals surface area contributed by atoms with Gasteiger partial charge >= 0.3 is 0 Å². The van der Waals surface area contributed by atoms with Crippen LogP contribution in [0.2, 0.25) is 0 Å². The van der Waals surface area contributed by atoms with E-state index < -0.39 is 32.2 Å². The lowest BCUT2D eigenvalue weighted by Gasteiger charge is -2.25. The zero-order valence-corrected chi connectivity index (χ0v) is 23.4. The van der Waals surface area contributed by atoms with E-state index in [1.165, 1.54) is 23.8 Å². The minimum atomic E-state index is -4.46. The average molecular weight is 559 g/mol. The second kappa shape index (κ2) is 12.2. The summed E-state index contributed by atoms with van der Waals surface area (Å²) in [5, 5.41) is 20.9. The van der Waals surface area contributed by atoms with Gasteiger partial charge in [0, 0.05) is 25.9 Å².